The van der Waals surface area contributed by atoms with Gasteiger partial charge in [0.1, 0.15) is 5.60 Å². The van der Waals surface area contributed by atoms with Crippen LogP contribution in [0.5, 0.6) is 0 Å². The molecule has 188 valence electrons. The quantitative estimate of drug-likeness (QED) is 0.338. The third-order valence-corrected chi connectivity index (χ3v) is 6.67. The second kappa shape index (κ2) is 12.5. The molecule has 0 fully saturated rings. The van der Waals surface area contributed by atoms with Crippen LogP contribution < -0.4 is 16.8 Å². The normalized spacial score (nSPS) is 19.8. The smallest absolute Gasteiger partial charge is 0.410 e. The van der Waals surface area contributed by atoms with E-state index >= 15 is 0 Å². The molecule has 1 amide bonds. The van der Waals surface area contributed by atoms with E-state index in [4.69, 9.17) is 16.2 Å². The van der Waals surface area contributed by atoms with Crippen molar-refractivity contribution in [3.05, 3.63) is 67.6 Å². The number of nitrogens with two attached hydrogens (primary N) is 2. The van der Waals surface area contributed by atoms with E-state index in [1.54, 1.807) is 4.90 Å². The number of nitrogens with one attached hydrogen (secondary N) is 1. The lowest BCUT2D eigenvalue weighted by Gasteiger charge is -2.26. The Balaban J connectivity index is 0.000000253. The Bertz CT molecular complexity index is 978. The summed E-state index contributed by atoms with van der Waals surface area (Å²) in [6.45, 7) is 8.71. The Morgan fingerprint density at radius 3 is 2.18 bits per heavy atom. The van der Waals surface area contributed by atoms with Gasteiger partial charge in [0.2, 0.25) is 0 Å². The molecule has 2 aromatic carbocycles. The monoisotopic (exact) mass is 596 g/mol. The van der Waals surface area contributed by atoms with Crippen LogP contribution in [0.4, 0.5) is 4.79 Å². The van der Waals surface area contributed by atoms with Crippen LogP contribution in [0.3, 0.4) is 0 Å². The first kappa shape index (κ1) is 28.8. The van der Waals surface area contributed by atoms with Gasteiger partial charge in [0.15, 0.2) is 0 Å². The topological polar surface area (TPSA) is 93.6 Å². The van der Waals surface area contributed by atoms with Crippen LogP contribution in [0.25, 0.3) is 0 Å². The molecule has 2 unspecified atom stereocenters. The maximum atomic E-state index is 12.2. The van der Waals surface area contributed by atoms with E-state index in [1.165, 1.54) is 11.1 Å². The number of ether oxygens (including phenoxy) is 1. The lowest BCUT2D eigenvalue weighted by molar-refractivity contribution is 0.0235. The van der Waals surface area contributed by atoms with Crippen LogP contribution in [-0.2, 0) is 17.8 Å². The molecule has 0 aromatic heterocycles. The molecule has 5 N–H and O–H groups in total. The summed E-state index contributed by atoms with van der Waals surface area (Å²) >= 11 is 6.93. The maximum absolute atomic E-state index is 12.2. The average Bonchev–Trinajstić information content (AvgIpc) is 3.00. The zero-order valence-corrected chi connectivity index (χ0v) is 22.7. The second-order valence-electron chi connectivity index (χ2n) is 9.56. The summed E-state index contributed by atoms with van der Waals surface area (Å²) in [4.78, 5) is 13.9. The minimum atomic E-state index is -0.481. The van der Waals surface area contributed by atoms with Gasteiger partial charge >= 0.3 is 6.09 Å². The van der Waals surface area contributed by atoms with Crippen molar-refractivity contribution >= 4 is 38.0 Å². The fraction of sp³-hybridized carbons (Fsp3) is 0.500. The first-order chi connectivity index (χ1) is 15.5. The van der Waals surface area contributed by atoms with Crippen molar-refractivity contribution in [3.63, 3.8) is 0 Å². The van der Waals surface area contributed by atoms with E-state index in [2.05, 4.69) is 55.4 Å². The first-order valence-corrected chi connectivity index (χ1v) is 12.9. The third kappa shape index (κ3) is 8.05. The Hall–Kier alpha value is -1.45. The minimum absolute atomic E-state index is 0. The van der Waals surface area contributed by atoms with E-state index in [1.807, 2.05) is 39.0 Å². The number of hydrogen-bond donors (Lipinski definition) is 3. The number of nitrogens with zero attached hydrogens (tertiary/aromatic N) is 1. The average molecular weight is 598 g/mol. The van der Waals surface area contributed by atoms with Gasteiger partial charge in [-0.15, -0.1) is 0 Å². The number of carbonyl (C=O) groups excluding carboxylic acids is 1. The van der Waals surface area contributed by atoms with Crippen LogP contribution in [-0.4, -0.2) is 29.7 Å². The summed E-state index contributed by atoms with van der Waals surface area (Å²) in [7, 11) is 0. The van der Waals surface area contributed by atoms with Gasteiger partial charge in [0.05, 0.1) is 0 Å². The van der Waals surface area contributed by atoms with Crippen molar-refractivity contribution in [2.24, 2.45) is 11.5 Å². The lowest BCUT2D eigenvalue weighted by atomic mass is 10.0. The molecule has 0 radical (unpaired) electrons. The van der Waals surface area contributed by atoms with Crippen LogP contribution in [0, 0.1) is 0 Å². The van der Waals surface area contributed by atoms with Crippen LogP contribution in [0.2, 0.25) is 0 Å². The van der Waals surface area contributed by atoms with Crippen molar-refractivity contribution in [2.75, 3.05) is 13.1 Å². The van der Waals surface area contributed by atoms with E-state index < -0.39 is 5.60 Å². The molecule has 34 heavy (non-hydrogen) atoms. The van der Waals surface area contributed by atoms with Gasteiger partial charge in [-0.05, 0) is 86.7 Å². The highest BCUT2D eigenvalue weighted by atomic mass is 79.9. The predicted molar refractivity (Wildman–Crippen MR) is 146 cm³/mol. The summed E-state index contributed by atoms with van der Waals surface area (Å²) in [6, 6.07) is 12.5. The first-order valence-electron chi connectivity index (χ1n) is 11.3. The molecule has 2 atom stereocenters. The van der Waals surface area contributed by atoms with E-state index in [0.717, 1.165) is 46.0 Å². The van der Waals surface area contributed by atoms with Crippen LogP contribution in [0.15, 0.2) is 45.3 Å². The van der Waals surface area contributed by atoms with Crippen molar-refractivity contribution in [1.82, 2.24) is 10.2 Å². The highest BCUT2D eigenvalue weighted by Gasteiger charge is 2.26. The molecular weight excluding hydrogens is 560 g/mol. The standard InChI is InChI=1S/C15H21BrN2O2.C10H13BrN2.CH4/c1-15(2,3)20-14(19)18-7-6-13(17)12-5-4-11(16)8-10(12)9-18;11-8-1-2-9-7(5-8)6-13-4-3-10(9)12;/h4-5,8,13H,6-7,9,17H2,1-3H3;1-2,5,10,13H,3-4,6,12H2;1H4. The largest absolute Gasteiger partial charge is 0.444 e. The van der Waals surface area contributed by atoms with Crippen molar-refractivity contribution in [1.29, 1.82) is 0 Å². The van der Waals surface area contributed by atoms with E-state index in [9.17, 15) is 4.79 Å². The maximum Gasteiger partial charge on any atom is 0.410 e. The molecular formula is C26H38Br2N4O2. The molecule has 0 saturated heterocycles. The van der Waals surface area contributed by atoms with Crippen molar-refractivity contribution < 1.29 is 9.53 Å². The highest BCUT2D eigenvalue weighted by Crippen LogP contribution is 2.28. The number of benzene rings is 2. The van der Waals surface area contributed by atoms with Gasteiger partial charge in [-0.1, -0.05) is 51.4 Å². The predicted octanol–water partition coefficient (Wildman–Crippen LogP) is 6.17. The van der Waals surface area contributed by atoms with Crippen LogP contribution in [0.1, 0.15) is 75.4 Å². The molecule has 8 heteroatoms. The molecule has 2 aromatic rings. The summed E-state index contributed by atoms with van der Waals surface area (Å²) in [5, 5.41) is 3.36. The van der Waals surface area contributed by atoms with Gasteiger partial charge in [0, 0.05) is 40.7 Å². The highest BCUT2D eigenvalue weighted by molar-refractivity contribution is 9.10. The van der Waals surface area contributed by atoms with Gasteiger partial charge in [-0.25, -0.2) is 4.79 Å². The zero-order valence-electron chi connectivity index (χ0n) is 19.5. The molecule has 4 rings (SSSR count). The van der Waals surface area contributed by atoms with E-state index in [-0.39, 0.29) is 25.6 Å². The number of rotatable bonds is 0. The zero-order chi connectivity index (χ0) is 24.2. The fourth-order valence-electron chi connectivity index (χ4n) is 4.02. The van der Waals surface area contributed by atoms with Gasteiger partial charge < -0.3 is 26.4 Å². The molecule has 0 saturated carbocycles. The number of carbonyl (C=O) groups is 1. The Morgan fingerprint density at radius 2 is 1.56 bits per heavy atom. The Morgan fingerprint density at radius 1 is 1.00 bits per heavy atom. The molecule has 0 spiro atoms. The molecule has 2 heterocycles. The van der Waals surface area contributed by atoms with Crippen molar-refractivity contribution in [2.45, 2.75) is 71.8 Å². The van der Waals surface area contributed by atoms with Gasteiger partial charge in [-0.3, -0.25) is 0 Å². The minimum Gasteiger partial charge on any atom is -0.444 e. The fourth-order valence-corrected chi connectivity index (χ4v) is 4.83. The molecule has 2 aliphatic rings. The summed E-state index contributed by atoms with van der Waals surface area (Å²) in [6.07, 6.45) is 1.49. The third-order valence-electron chi connectivity index (χ3n) is 5.68. The number of hydrogen-bond acceptors (Lipinski definition) is 5. The second-order valence-corrected chi connectivity index (χ2v) is 11.4. The van der Waals surface area contributed by atoms with Crippen molar-refractivity contribution in [3.8, 4) is 0 Å². The number of amides is 1. The molecule has 2 aliphatic heterocycles. The number of fused-ring (bicyclic) bond motifs is 2. The summed E-state index contributed by atoms with van der Waals surface area (Å²) < 4.78 is 7.57. The van der Waals surface area contributed by atoms with Gasteiger partial charge in [-0.2, -0.15) is 0 Å². The Labute approximate surface area is 221 Å². The van der Waals surface area contributed by atoms with E-state index in [0.29, 0.717) is 13.1 Å². The lowest BCUT2D eigenvalue weighted by Crippen LogP contribution is -2.36. The molecule has 0 bridgehead atoms. The molecule has 0 aliphatic carbocycles. The SMILES string of the molecule is C.CC(C)(C)OC(=O)N1CCC(N)c2ccc(Br)cc2C1.NC1CCNCc2cc(Br)ccc21. The number of halogens is 2. The van der Waals surface area contributed by atoms with Gasteiger partial charge in [0.25, 0.3) is 0 Å². The Kier molecular flexibility index (Phi) is 10.6. The summed E-state index contributed by atoms with van der Waals surface area (Å²) in [5.74, 6) is 0. The molecule has 6 nitrogen and oxygen atoms in total. The summed E-state index contributed by atoms with van der Waals surface area (Å²) in [5.41, 5.74) is 16.5. The van der Waals surface area contributed by atoms with Crippen LogP contribution >= 0.6 is 31.9 Å².